The van der Waals surface area contributed by atoms with E-state index in [9.17, 15) is 5.11 Å². The lowest BCUT2D eigenvalue weighted by atomic mass is 9.99. The maximum absolute atomic E-state index is 10.6. The second-order valence-electron chi connectivity index (χ2n) is 8.10. The van der Waals surface area contributed by atoms with Crippen LogP contribution in [0, 0.1) is 0 Å². The number of ether oxygens (including phenoxy) is 2. The molecule has 3 N–H and O–H groups in total. The maximum atomic E-state index is 10.6. The third-order valence-corrected chi connectivity index (χ3v) is 5.40. The highest BCUT2D eigenvalue weighted by atomic mass is 16.5. The summed E-state index contributed by atoms with van der Waals surface area (Å²) < 4.78 is 10.6. The molecule has 164 valence electrons. The lowest BCUT2D eigenvalue weighted by Gasteiger charge is -2.40. The number of methoxy groups -OCH3 is 2. The van der Waals surface area contributed by atoms with Gasteiger partial charge in [0, 0.05) is 24.7 Å². The van der Waals surface area contributed by atoms with Crippen LogP contribution in [0.1, 0.15) is 51.7 Å². The van der Waals surface area contributed by atoms with Crippen LogP contribution in [0.3, 0.4) is 0 Å². The Labute approximate surface area is 175 Å². The predicted molar refractivity (Wildman–Crippen MR) is 118 cm³/mol. The van der Waals surface area contributed by atoms with E-state index in [4.69, 9.17) is 14.5 Å². The van der Waals surface area contributed by atoms with Gasteiger partial charge in [-0.15, -0.1) is 0 Å². The molecule has 1 aliphatic rings. The standard InChI is InChI=1S/C22H38N4O3/c1-6-23-21(25-16-22(2,3)26-10-8-7-9-11-26)24-15-20(27)17-12-18(28-4)14-19(13-17)29-5/h12-14,20,27H,6-11,15-16H2,1-5H3,(H2,23,24,25). The molecule has 0 spiro atoms. The Balaban J connectivity index is 1.99. The summed E-state index contributed by atoms with van der Waals surface area (Å²) in [5.74, 6) is 2.02. The molecule has 1 heterocycles. The number of benzene rings is 1. The SMILES string of the molecule is CCNC(=NCC(C)(C)N1CCCCC1)NCC(O)c1cc(OC)cc(OC)c1. The van der Waals surface area contributed by atoms with E-state index < -0.39 is 6.10 Å². The maximum Gasteiger partial charge on any atom is 0.191 e. The van der Waals surface area contributed by atoms with Crippen LogP contribution in [0.4, 0.5) is 0 Å². The van der Waals surface area contributed by atoms with Crippen LogP contribution in [0.25, 0.3) is 0 Å². The molecule has 7 heteroatoms. The lowest BCUT2D eigenvalue weighted by Crippen LogP contribution is -2.49. The number of aliphatic hydroxyl groups is 1. The van der Waals surface area contributed by atoms with Gasteiger partial charge in [-0.2, -0.15) is 0 Å². The summed E-state index contributed by atoms with van der Waals surface area (Å²) in [6.07, 6.45) is 3.15. The second kappa shape index (κ2) is 11.3. The molecule has 1 fully saturated rings. The van der Waals surface area contributed by atoms with Gasteiger partial charge in [-0.1, -0.05) is 6.42 Å². The Morgan fingerprint density at radius 3 is 2.28 bits per heavy atom. The summed E-state index contributed by atoms with van der Waals surface area (Å²) in [6.45, 7) is 10.6. The first-order valence-corrected chi connectivity index (χ1v) is 10.6. The van der Waals surface area contributed by atoms with E-state index in [1.165, 1.54) is 19.3 Å². The number of hydrogen-bond acceptors (Lipinski definition) is 5. The van der Waals surface area contributed by atoms with Crippen LogP contribution in [-0.2, 0) is 0 Å². The van der Waals surface area contributed by atoms with Crippen LogP contribution >= 0.6 is 0 Å². The van der Waals surface area contributed by atoms with Crippen LogP contribution in [-0.4, -0.2) is 68.4 Å². The normalized spacial score (nSPS) is 17.0. The lowest BCUT2D eigenvalue weighted by molar-refractivity contribution is 0.102. The molecule has 0 aliphatic carbocycles. The first-order valence-electron chi connectivity index (χ1n) is 10.6. The molecule has 0 saturated carbocycles. The van der Waals surface area contributed by atoms with Crippen LogP contribution in [0.15, 0.2) is 23.2 Å². The van der Waals surface area contributed by atoms with E-state index in [2.05, 4.69) is 29.4 Å². The predicted octanol–water partition coefficient (Wildman–Crippen LogP) is 2.56. The highest BCUT2D eigenvalue weighted by molar-refractivity contribution is 5.79. The number of guanidine groups is 1. The van der Waals surface area contributed by atoms with Gasteiger partial charge in [0.15, 0.2) is 5.96 Å². The topological polar surface area (TPSA) is 78.4 Å². The second-order valence-corrected chi connectivity index (χ2v) is 8.10. The largest absolute Gasteiger partial charge is 0.497 e. The van der Waals surface area contributed by atoms with Gasteiger partial charge in [0.05, 0.1) is 26.9 Å². The molecule has 2 rings (SSSR count). The average molecular weight is 407 g/mol. The summed E-state index contributed by atoms with van der Waals surface area (Å²) in [5, 5.41) is 17.2. The number of nitrogens with zero attached hydrogens (tertiary/aromatic N) is 2. The van der Waals surface area contributed by atoms with Crippen LogP contribution in [0.5, 0.6) is 11.5 Å². The number of likely N-dealkylation sites (tertiary alicyclic amines) is 1. The van der Waals surface area contributed by atoms with Gasteiger partial charge in [0.25, 0.3) is 0 Å². The van der Waals surface area contributed by atoms with Gasteiger partial charge in [-0.05, 0) is 64.4 Å². The number of rotatable bonds is 9. The monoisotopic (exact) mass is 406 g/mol. The third kappa shape index (κ3) is 7.08. The Morgan fingerprint density at radius 2 is 1.72 bits per heavy atom. The Kier molecular flexibility index (Phi) is 9.04. The third-order valence-electron chi connectivity index (χ3n) is 5.40. The van der Waals surface area contributed by atoms with Gasteiger partial charge in [-0.3, -0.25) is 9.89 Å². The number of piperidine rings is 1. The summed E-state index contributed by atoms with van der Waals surface area (Å²) in [6, 6.07) is 5.43. The molecule has 1 unspecified atom stereocenters. The van der Waals surface area contributed by atoms with Crippen molar-refractivity contribution in [2.75, 3.05) is 46.9 Å². The van der Waals surface area contributed by atoms with E-state index in [0.29, 0.717) is 30.5 Å². The molecule has 0 aromatic heterocycles. The Bertz CT molecular complexity index is 635. The van der Waals surface area contributed by atoms with Gasteiger partial charge >= 0.3 is 0 Å². The zero-order chi connectivity index (χ0) is 21.3. The molecule has 1 aromatic rings. The van der Waals surface area contributed by atoms with E-state index >= 15 is 0 Å². The molecule has 29 heavy (non-hydrogen) atoms. The molecule has 1 atom stereocenters. The van der Waals surface area contributed by atoms with Crippen molar-refractivity contribution in [2.45, 2.75) is 51.7 Å². The van der Waals surface area contributed by atoms with Gasteiger partial charge in [-0.25, -0.2) is 0 Å². The quantitative estimate of drug-likeness (QED) is 0.432. The smallest absolute Gasteiger partial charge is 0.191 e. The number of aliphatic imine (C=N–C) groups is 1. The van der Waals surface area contributed by atoms with Crippen LogP contribution < -0.4 is 20.1 Å². The van der Waals surface area contributed by atoms with Gasteiger partial charge in [0.2, 0.25) is 0 Å². The van der Waals surface area contributed by atoms with Gasteiger partial charge in [0.1, 0.15) is 11.5 Å². The molecular weight excluding hydrogens is 368 g/mol. The molecule has 0 bridgehead atoms. The minimum Gasteiger partial charge on any atom is -0.497 e. The molecular formula is C22H38N4O3. The van der Waals surface area contributed by atoms with E-state index in [1.54, 1.807) is 20.3 Å². The van der Waals surface area contributed by atoms with Gasteiger partial charge < -0.3 is 25.2 Å². The zero-order valence-electron chi connectivity index (χ0n) is 18.6. The Morgan fingerprint density at radius 1 is 1.10 bits per heavy atom. The van der Waals surface area contributed by atoms with Crippen molar-refractivity contribution in [3.05, 3.63) is 23.8 Å². The van der Waals surface area contributed by atoms with Crippen molar-refractivity contribution in [1.29, 1.82) is 0 Å². The van der Waals surface area contributed by atoms with Crippen molar-refractivity contribution < 1.29 is 14.6 Å². The van der Waals surface area contributed by atoms with Crippen LogP contribution in [0.2, 0.25) is 0 Å². The van der Waals surface area contributed by atoms with Crippen molar-refractivity contribution in [1.82, 2.24) is 15.5 Å². The average Bonchev–Trinajstić information content (AvgIpc) is 2.75. The highest BCUT2D eigenvalue weighted by Crippen LogP contribution is 2.26. The van der Waals surface area contributed by atoms with E-state index in [-0.39, 0.29) is 5.54 Å². The molecule has 0 radical (unpaired) electrons. The van der Waals surface area contributed by atoms with E-state index in [0.717, 1.165) is 25.2 Å². The van der Waals surface area contributed by atoms with E-state index in [1.807, 2.05) is 19.1 Å². The summed E-state index contributed by atoms with van der Waals surface area (Å²) in [5.41, 5.74) is 0.750. The minimum absolute atomic E-state index is 0.0154. The zero-order valence-corrected chi connectivity index (χ0v) is 18.6. The summed E-state index contributed by atoms with van der Waals surface area (Å²) >= 11 is 0. The van der Waals surface area contributed by atoms with Crippen molar-refractivity contribution in [3.63, 3.8) is 0 Å². The molecule has 0 amide bonds. The fraction of sp³-hybridized carbons (Fsp3) is 0.682. The van der Waals surface area contributed by atoms with Crippen molar-refractivity contribution in [2.24, 2.45) is 4.99 Å². The molecule has 1 aromatic carbocycles. The minimum atomic E-state index is -0.710. The summed E-state index contributed by atoms with van der Waals surface area (Å²) in [7, 11) is 3.20. The van der Waals surface area contributed by atoms with Crippen molar-refractivity contribution in [3.8, 4) is 11.5 Å². The number of hydrogen-bond donors (Lipinski definition) is 3. The molecule has 1 saturated heterocycles. The molecule has 7 nitrogen and oxygen atoms in total. The highest BCUT2D eigenvalue weighted by Gasteiger charge is 2.27. The molecule has 1 aliphatic heterocycles. The number of aliphatic hydroxyl groups excluding tert-OH is 1. The Hall–Kier alpha value is -1.99. The van der Waals surface area contributed by atoms with Crippen molar-refractivity contribution >= 4 is 5.96 Å². The fourth-order valence-electron chi connectivity index (χ4n) is 3.55. The first-order chi connectivity index (χ1) is 13.9. The fourth-order valence-corrected chi connectivity index (χ4v) is 3.55. The summed E-state index contributed by atoms with van der Waals surface area (Å²) in [4.78, 5) is 7.31. The number of nitrogens with one attached hydrogen (secondary N) is 2. The first kappa shape index (κ1) is 23.3.